The van der Waals surface area contributed by atoms with E-state index in [2.05, 4.69) is 23.8 Å². The monoisotopic (exact) mass is 412 g/mol. The second kappa shape index (κ2) is 12.7. The summed E-state index contributed by atoms with van der Waals surface area (Å²) in [5, 5.41) is 4.69. The number of esters is 2. The van der Waals surface area contributed by atoms with Gasteiger partial charge in [0.25, 0.3) is 0 Å². The fraction of sp³-hybridized carbons (Fsp3) is 0.600. The van der Waals surface area contributed by atoms with E-state index in [0.717, 1.165) is 12.2 Å². The van der Waals surface area contributed by atoms with Crippen LogP contribution in [0.2, 0.25) is 0 Å². The molecule has 0 aromatic carbocycles. The van der Waals surface area contributed by atoms with Gasteiger partial charge in [-0.05, 0) is 39.8 Å². The van der Waals surface area contributed by atoms with E-state index in [-0.39, 0.29) is 19.7 Å². The summed E-state index contributed by atoms with van der Waals surface area (Å²) < 4.78 is 16.2. The molecule has 0 atom stereocenters. The predicted octanol–water partition coefficient (Wildman–Crippen LogP) is 1.03. The number of ether oxygens (including phenoxy) is 3. The second-order valence-electron chi connectivity index (χ2n) is 7.41. The van der Waals surface area contributed by atoms with Gasteiger partial charge in [0.05, 0.1) is 18.8 Å². The normalized spacial score (nSPS) is 11.2. The lowest BCUT2D eigenvalue weighted by molar-refractivity contribution is -0.158. The summed E-state index contributed by atoms with van der Waals surface area (Å²) in [5.41, 5.74) is -1.34. The molecule has 2 N–H and O–H groups in total. The SMILES string of the molecule is C=CC(=O)NCC(=O)OCCC(C)(C)OCCC(C)(C)OC(=O)CNC(=O)C=C. The van der Waals surface area contributed by atoms with Crippen LogP contribution in [0.15, 0.2) is 25.3 Å². The number of amides is 2. The van der Waals surface area contributed by atoms with Crippen molar-refractivity contribution < 1.29 is 33.4 Å². The summed E-state index contributed by atoms with van der Waals surface area (Å²) in [5.74, 6) is -2.00. The average molecular weight is 412 g/mol. The molecule has 9 nitrogen and oxygen atoms in total. The van der Waals surface area contributed by atoms with E-state index in [0.29, 0.717) is 19.4 Å². The summed E-state index contributed by atoms with van der Waals surface area (Å²) in [6.45, 7) is 13.8. The van der Waals surface area contributed by atoms with Gasteiger partial charge in [0.2, 0.25) is 11.8 Å². The van der Waals surface area contributed by atoms with Crippen molar-refractivity contribution in [2.45, 2.75) is 51.7 Å². The van der Waals surface area contributed by atoms with Crippen molar-refractivity contribution in [1.82, 2.24) is 10.6 Å². The summed E-state index contributed by atoms with van der Waals surface area (Å²) >= 11 is 0. The third-order valence-electron chi connectivity index (χ3n) is 3.74. The molecule has 0 aliphatic heterocycles. The number of rotatable bonds is 14. The predicted molar refractivity (Wildman–Crippen MR) is 107 cm³/mol. The van der Waals surface area contributed by atoms with Crippen molar-refractivity contribution >= 4 is 23.8 Å². The molecule has 0 aromatic rings. The maximum absolute atomic E-state index is 11.8. The van der Waals surface area contributed by atoms with Crippen LogP contribution >= 0.6 is 0 Å². The molecule has 164 valence electrons. The fourth-order valence-electron chi connectivity index (χ4n) is 1.97. The van der Waals surface area contributed by atoms with Gasteiger partial charge in [0.15, 0.2) is 0 Å². The smallest absolute Gasteiger partial charge is 0.325 e. The van der Waals surface area contributed by atoms with Gasteiger partial charge in [-0.15, -0.1) is 0 Å². The summed E-state index contributed by atoms with van der Waals surface area (Å²) in [6, 6.07) is 0. The lowest BCUT2D eigenvalue weighted by atomic mass is 10.0. The van der Waals surface area contributed by atoms with Crippen molar-refractivity contribution in [3.05, 3.63) is 25.3 Å². The zero-order chi connectivity index (χ0) is 22.5. The molecule has 9 heteroatoms. The van der Waals surface area contributed by atoms with Crippen LogP contribution in [0.3, 0.4) is 0 Å². The van der Waals surface area contributed by atoms with Gasteiger partial charge in [-0.2, -0.15) is 0 Å². The molecule has 0 heterocycles. The molecular formula is C20H32N2O7. The molecule has 2 amide bonds. The Labute approximate surface area is 171 Å². The van der Waals surface area contributed by atoms with E-state index < -0.39 is 35.0 Å². The van der Waals surface area contributed by atoms with Gasteiger partial charge in [-0.25, -0.2) is 0 Å². The Morgan fingerprint density at radius 1 is 0.793 bits per heavy atom. The quantitative estimate of drug-likeness (QED) is 0.323. The van der Waals surface area contributed by atoms with Gasteiger partial charge in [-0.3, -0.25) is 19.2 Å². The molecule has 0 bridgehead atoms. The van der Waals surface area contributed by atoms with Crippen molar-refractivity contribution in [2.24, 2.45) is 0 Å². The second-order valence-corrected chi connectivity index (χ2v) is 7.41. The van der Waals surface area contributed by atoms with Gasteiger partial charge in [0, 0.05) is 12.8 Å². The Kier molecular flexibility index (Phi) is 11.5. The summed E-state index contributed by atoms with van der Waals surface area (Å²) in [6.07, 6.45) is 3.02. The Morgan fingerprint density at radius 3 is 1.79 bits per heavy atom. The Morgan fingerprint density at radius 2 is 1.28 bits per heavy atom. The Hall–Kier alpha value is -2.68. The van der Waals surface area contributed by atoms with E-state index in [4.69, 9.17) is 14.2 Å². The first kappa shape index (κ1) is 26.3. The van der Waals surface area contributed by atoms with Crippen LogP contribution in [-0.4, -0.2) is 61.3 Å². The standard InChI is InChI=1S/C20H32N2O7/c1-7-15(23)21-13-17(25)27-11-9-19(3,4)28-12-10-20(5,6)29-18(26)14-22-16(24)8-2/h7-8H,1-2,9-14H2,3-6H3,(H,21,23)(H,22,24). The van der Waals surface area contributed by atoms with Gasteiger partial charge >= 0.3 is 11.9 Å². The highest BCUT2D eigenvalue weighted by Crippen LogP contribution is 2.19. The summed E-state index contributed by atoms with van der Waals surface area (Å²) in [4.78, 5) is 45.3. The third-order valence-corrected chi connectivity index (χ3v) is 3.74. The van der Waals surface area contributed by atoms with E-state index in [1.165, 1.54) is 0 Å². The maximum Gasteiger partial charge on any atom is 0.325 e. The van der Waals surface area contributed by atoms with E-state index >= 15 is 0 Å². The van der Waals surface area contributed by atoms with Crippen LogP contribution in [0.1, 0.15) is 40.5 Å². The minimum absolute atomic E-state index is 0.136. The number of hydrogen-bond donors (Lipinski definition) is 2. The minimum Gasteiger partial charge on any atom is -0.464 e. The molecular weight excluding hydrogens is 380 g/mol. The first-order valence-electron chi connectivity index (χ1n) is 9.23. The molecule has 0 spiro atoms. The van der Waals surface area contributed by atoms with Crippen molar-refractivity contribution in [3.63, 3.8) is 0 Å². The molecule has 29 heavy (non-hydrogen) atoms. The first-order chi connectivity index (χ1) is 13.4. The highest BCUT2D eigenvalue weighted by Gasteiger charge is 2.25. The van der Waals surface area contributed by atoms with Crippen LogP contribution in [0.5, 0.6) is 0 Å². The third kappa shape index (κ3) is 14.0. The fourth-order valence-corrected chi connectivity index (χ4v) is 1.97. The summed E-state index contributed by atoms with van der Waals surface area (Å²) in [7, 11) is 0. The van der Waals surface area contributed by atoms with Gasteiger partial charge < -0.3 is 24.8 Å². The van der Waals surface area contributed by atoms with E-state index in [9.17, 15) is 19.2 Å². The molecule has 0 unspecified atom stereocenters. The van der Waals surface area contributed by atoms with E-state index in [1.807, 2.05) is 13.8 Å². The lowest BCUT2D eigenvalue weighted by Crippen LogP contribution is -2.37. The first-order valence-corrected chi connectivity index (χ1v) is 9.23. The van der Waals surface area contributed by atoms with Crippen LogP contribution in [0, 0.1) is 0 Å². The van der Waals surface area contributed by atoms with Crippen LogP contribution in [0.25, 0.3) is 0 Å². The van der Waals surface area contributed by atoms with Crippen molar-refractivity contribution in [1.29, 1.82) is 0 Å². The van der Waals surface area contributed by atoms with Crippen LogP contribution in [0.4, 0.5) is 0 Å². The molecule has 0 radical (unpaired) electrons. The molecule has 0 saturated carbocycles. The number of nitrogens with one attached hydrogen (secondary N) is 2. The molecule has 0 rings (SSSR count). The highest BCUT2D eigenvalue weighted by atomic mass is 16.6. The lowest BCUT2D eigenvalue weighted by Gasteiger charge is -2.29. The molecule has 0 aliphatic rings. The van der Waals surface area contributed by atoms with Crippen molar-refractivity contribution in [2.75, 3.05) is 26.3 Å². The molecule has 0 aliphatic carbocycles. The molecule has 0 fully saturated rings. The zero-order valence-corrected chi connectivity index (χ0v) is 17.7. The Balaban J connectivity index is 4.15. The average Bonchev–Trinajstić information content (AvgIpc) is 2.62. The van der Waals surface area contributed by atoms with Crippen LogP contribution < -0.4 is 10.6 Å². The highest BCUT2D eigenvalue weighted by molar-refractivity contribution is 5.90. The molecule has 0 saturated heterocycles. The minimum atomic E-state index is -0.776. The van der Waals surface area contributed by atoms with E-state index in [1.54, 1.807) is 13.8 Å². The topological polar surface area (TPSA) is 120 Å². The van der Waals surface area contributed by atoms with Crippen molar-refractivity contribution in [3.8, 4) is 0 Å². The Bertz CT molecular complexity index is 612. The zero-order valence-electron chi connectivity index (χ0n) is 17.7. The number of carbonyl (C=O) groups excluding carboxylic acids is 4. The van der Waals surface area contributed by atoms with Gasteiger partial charge in [0.1, 0.15) is 18.7 Å². The largest absolute Gasteiger partial charge is 0.464 e. The number of hydrogen-bond acceptors (Lipinski definition) is 7. The molecule has 0 aromatic heterocycles. The maximum atomic E-state index is 11.8. The van der Waals surface area contributed by atoms with Gasteiger partial charge in [-0.1, -0.05) is 13.2 Å². The van der Waals surface area contributed by atoms with Crippen LogP contribution in [-0.2, 0) is 33.4 Å². The number of carbonyl (C=O) groups is 4.